The van der Waals surface area contributed by atoms with Crippen LogP contribution in [0.3, 0.4) is 0 Å². The predicted octanol–water partition coefficient (Wildman–Crippen LogP) is -2.98. The van der Waals surface area contributed by atoms with Gasteiger partial charge in [0.2, 0.25) is 5.91 Å². The number of hydrogen-bond donors (Lipinski definition) is 2. The van der Waals surface area contributed by atoms with Crippen molar-refractivity contribution in [2.24, 2.45) is 0 Å². The number of aliphatic carboxylic acids is 3. The summed E-state index contributed by atoms with van der Waals surface area (Å²) in [7, 11) is -1.39. The van der Waals surface area contributed by atoms with E-state index in [1.54, 1.807) is 20.9 Å². The average Bonchev–Trinajstić information content (AvgIpc) is 3.54. The van der Waals surface area contributed by atoms with E-state index in [1.165, 1.54) is 0 Å². The molecule has 1 unspecified atom stereocenters. The summed E-state index contributed by atoms with van der Waals surface area (Å²) in [5.41, 5.74) is 4.31. The molecule has 1 amide bonds. The third-order valence-electron chi connectivity index (χ3n) is 9.26. The molecule has 1 fully saturated rings. The smallest absolute Gasteiger partial charge is 0.549 e. The van der Waals surface area contributed by atoms with E-state index in [9.17, 15) is 38.7 Å². The van der Waals surface area contributed by atoms with Crippen molar-refractivity contribution in [3.63, 3.8) is 0 Å². The number of ether oxygens (including phenoxy) is 1. The van der Waals surface area contributed by atoms with E-state index in [2.05, 4.69) is 20.3 Å². The van der Waals surface area contributed by atoms with E-state index in [0.717, 1.165) is 41.6 Å². The SMILES string of the molecule is Cc1ccnc(CS(=O)c2nc3ccc(OCCCCCNC(=O)CN4CCN(CC(=O)[O-])CCN(CC(=O)[O-])CCN(CC(=O)[O-])CC4)cc3[nH]2)c1C.[Gd+3]. The van der Waals surface area contributed by atoms with Crippen LogP contribution < -0.4 is 25.4 Å². The molecule has 0 aliphatic carbocycles. The number of aryl methyl sites for hydroxylation is 1. The second-order valence-electron chi connectivity index (χ2n) is 13.4. The molecule has 2 N–H and O–H groups in total. The molecule has 3 aromatic rings. The fourth-order valence-electron chi connectivity index (χ4n) is 6.03. The van der Waals surface area contributed by atoms with Gasteiger partial charge in [-0.1, -0.05) is 0 Å². The molecular weight excluding hydrogens is 878 g/mol. The predicted molar refractivity (Wildman–Crippen MR) is 193 cm³/mol. The Balaban J connectivity index is 0.00000812. The molecule has 0 bridgehead atoms. The zero-order valence-corrected chi connectivity index (χ0v) is 34.3. The molecule has 3 heterocycles. The van der Waals surface area contributed by atoms with Crippen LogP contribution in [-0.4, -0.2) is 154 Å². The van der Waals surface area contributed by atoms with Gasteiger partial charge in [-0.25, -0.2) is 4.98 Å². The quantitative estimate of drug-likeness (QED) is 0.121. The molecular formula is C36H49GdN8O9S. The number of nitrogens with zero attached hydrogens (tertiary/aromatic N) is 6. The molecule has 0 saturated carbocycles. The first kappa shape index (κ1) is 46.2. The van der Waals surface area contributed by atoms with Crippen molar-refractivity contribution in [3.8, 4) is 5.75 Å². The molecule has 1 radical (unpaired) electrons. The number of carbonyl (C=O) groups is 4. The van der Waals surface area contributed by atoms with Crippen molar-refractivity contribution >= 4 is 45.6 Å². The monoisotopic (exact) mass is 927 g/mol. The summed E-state index contributed by atoms with van der Waals surface area (Å²) in [6.45, 7) is 5.96. The number of aromatic amines is 1. The summed E-state index contributed by atoms with van der Waals surface area (Å²) in [5, 5.41) is 37.3. The molecule has 19 heteroatoms. The fraction of sp³-hybridized carbons (Fsp3) is 0.556. The van der Waals surface area contributed by atoms with Gasteiger partial charge in [-0.15, -0.1) is 0 Å². The van der Waals surface area contributed by atoms with Crippen LogP contribution in [0.4, 0.5) is 0 Å². The van der Waals surface area contributed by atoms with Crippen molar-refractivity contribution in [2.45, 2.75) is 44.0 Å². The molecule has 2 aromatic heterocycles. The normalized spacial score (nSPS) is 16.0. The van der Waals surface area contributed by atoms with Gasteiger partial charge >= 0.3 is 39.9 Å². The minimum Gasteiger partial charge on any atom is -0.549 e. The van der Waals surface area contributed by atoms with Gasteiger partial charge in [-0.05, 0) is 62.4 Å². The van der Waals surface area contributed by atoms with E-state index < -0.39 is 28.7 Å². The number of fused-ring (bicyclic) bond motifs is 1. The minimum atomic E-state index is -1.39. The van der Waals surface area contributed by atoms with Crippen molar-refractivity contribution in [2.75, 3.05) is 91.7 Å². The van der Waals surface area contributed by atoms with Gasteiger partial charge in [0.1, 0.15) is 5.75 Å². The minimum absolute atomic E-state index is 0. The second kappa shape index (κ2) is 23.8. The number of pyridine rings is 1. The molecule has 1 aromatic carbocycles. The zero-order valence-electron chi connectivity index (χ0n) is 31.2. The van der Waals surface area contributed by atoms with E-state index in [0.29, 0.717) is 42.7 Å². The van der Waals surface area contributed by atoms with Crippen LogP contribution >= 0.6 is 0 Å². The third-order valence-corrected chi connectivity index (χ3v) is 10.4. The van der Waals surface area contributed by atoms with Gasteiger partial charge in [-0.2, -0.15) is 0 Å². The Labute approximate surface area is 355 Å². The number of unbranched alkanes of at least 4 members (excludes halogenated alkanes) is 2. The molecule has 55 heavy (non-hydrogen) atoms. The zero-order chi connectivity index (χ0) is 39.0. The van der Waals surface area contributed by atoms with Gasteiger partial charge in [0.25, 0.3) is 0 Å². The van der Waals surface area contributed by atoms with E-state index in [4.69, 9.17) is 4.74 Å². The molecule has 17 nitrogen and oxygen atoms in total. The van der Waals surface area contributed by atoms with Crippen LogP contribution in [0.15, 0.2) is 35.6 Å². The van der Waals surface area contributed by atoms with Gasteiger partial charge in [0.15, 0.2) is 5.16 Å². The number of rotatable bonds is 18. The first-order valence-corrected chi connectivity index (χ1v) is 19.4. The first-order valence-electron chi connectivity index (χ1n) is 18.0. The molecule has 4 rings (SSSR count). The van der Waals surface area contributed by atoms with Gasteiger partial charge in [0.05, 0.1) is 64.3 Å². The van der Waals surface area contributed by atoms with Crippen LogP contribution in [0, 0.1) is 53.8 Å². The van der Waals surface area contributed by atoms with Crippen LogP contribution in [0.5, 0.6) is 5.75 Å². The number of carboxylic acids is 3. The first-order chi connectivity index (χ1) is 25.9. The largest absolute Gasteiger partial charge is 3.00 e. The second-order valence-corrected chi connectivity index (χ2v) is 14.8. The molecule has 1 aliphatic rings. The number of amides is 1. The number of H-pyrrole nitrogens is 1. The molecule has 0 spiro atoms. The number of aromatic nitrogens is 3. The maximum Gasteiger partial charge on any atom is 3.00 e. The summed E-state index contributed by atoms with van der Waals surface area (Å²) in [6.07, 6.45) is 4.00. The molecule has 1 saturated heterocycles. The summed E-state index contributed by atoms with van der Waals surface area (Å²) in [4.78, 5) is 65.6. The Bertz CT molecular complexity index is 1730. The van der Waals surface area contributed by atoms with E-state index >= 15 is 0 Å². The van der Waals surface area contributed by atoms with Crippen molar-refractivity contribution in [1.29, 1.82) is 0 Å². The molecule has 1 atom stereocenters. The van der Waals surface area contributed by atoms with Crippen LogP contribution in [0.2, 0.25) is 0 Å². The van der Waals surface area contributed by atoms with Gasteiger partial charge in [-0.3, -0.25) is 33.6 Å². The van der Waals surface area contributed by atoms with Gasteiger partial charge < -0.3 is 44.7 Å². The van der Waals surface area contributed by atoms with Crippen LogP contribution in [0.1, 0.15) is 36.1 Å². The maximum absolute atomic E-state index is 13.0. The Kier molecular flexibility index (Phi) is 20.0. The number of nitrogens with one attached hydrogen (secondary N) is 2. The molecule has 301 valence electrons. The topological polar surface area (TPSA) is 230 Å². The van der Waals surface area contributed by atoms with E-state index in [-0.39, 0.29) is 117 Å². The Hall–Kier alpha value is -3.17. The fourth-order valence-corrected chi connectivity index (χ4v) is 7.13. The van der Waals surface area contributed by atoms with Gasteiger partial charge in [0, 0.05) is 90.8 Å². The van der Waals surface area contributed by atoms with Crippen molar-refractivity contribution in [3.05, 3.63) is 47.3 Å². The Morgan fingerprint density at radius 2 is 1.35 bits per heavy atom. The standard InChI is InChI=1S/C36H52N8O9S.Gd/c1-26-8-10-37-31(27(26)2)25-54(52)36-39-29-7-6-28(20-30(29)40-36)53-19-5-3-4-9-38-32(45)21-41-11-13-42(22-33(46)47)15-17-44(24-35(50)51)18-16-43(14-12-41)23-34(48)49;/h6-8,10,20H,3-5,9,11-19,21-25H2,1-2H3,(H,38,45)(H,39,40)(H,46,47)(H,48,49)(H,50,51);/q;+3/p-3. The summed E-state index contributed by atoms with van der Waals surface area (Å²) < 4.78 is 19.0. The Morgan fingerprint density at radius 1 is 0.800 bits per heavy atom. The van der Waals surface area contributed by atoms with Crippen LogP contribution in [-0.2, 0) is 35.7 Å². The summed E-state index contributed by atoms with van der Waals surface area (Å²) in [6, 6.07) is 7.40. The summed E-state index contributed by atoms with van der Waals surface area (Å²) in [5.74, 6) is -3.12. The Morgan fingerprint density at radius 3 is 1.89 bits per heavy atom. The molecule has 1 aliphatic heterocycles. The maximum atomic E-state index is 13.0. The number of imidazole rings is 1. The number of carbonyl (C=O) groups excluding carboxylic acids is 4. The van der Waals surface area contributed by atoms with Crippen LogP contribution in [0.25, 0.3) is 11.0 Å². The van der Waals surface area contributed by atoms with Crippen molar-refractivity contribution in [1.82, 2.24) is 39.9 Å². The third kappa shape index (κ3) is 16.5. The average molecular weight is 927 g/mol. The van der Waals surface area contributed by atoms with E-state index in [1.807, 2.05) is 43.0 Å². The number of carboxylic acid groups (broad SMARTS) is 3. The number of hydrogen-bond acceptors (Lipinski definition) is 15. The summed E-state index contributed by atoms with van der Waals surface area (Å²) >= 11 is 0. The number of benzene rings is 1. The van der Waals surface area contributed by atoms with Crippen molar-refractivity contribution < 1.29 is 83.4 Å².